The lowest BCUT2D eigenvalue weighted by Crippen LogP contribution is -2.30. The molecule has 70 valence electrons. The third-order valence-corrected chi connectivity index (χ3v) is 1.81. The molecule has 3 heteroatoms. The van der Waals surface area contributed by atoms with E-state index in [9.17, 15) is 4.79 Å². The highest BCUT2D eigenvalue weighted by molar-refractivity contribution is 5.58. The van der Waals surface area contributed by atoms with E-state index in [0.717, 1.165) is 6.42 Å². The molecule has 0 aliphatic heterocycles. The highest BCUT2D eigenvalue weighted by Crippen LogP contribution is 2.24. The molecule has 0 saturated heterocycles. The van der Waals surface area contributed by atoms with E-state index >= 15 is 0 Å². The van der Waals surface area contributed by atoms with E-state index in [1.807, 2.05) is 12.2 Å². The Balaban J connectivity index is 2.79. The molecule has 0 radical (unpaired) electrons. The molecule has 0 bridgehead atoms. The van der Waals surface area contributed by atoms with Crippen molar-refractivity contribution >= 4 is 6.16 Å². The lowest BCUT2D eigenvalue weighted by Gasteiger charge is -2.26. The molecule has 0 saturated carbocycles. The maximum Gasteiger partial charge on any atom is 0.506 e. The third-order valence-electron chi connectivity index (χ3n) is 1.81. The average molecular weight is 180 g/mol. The first-order chi connectivity index (χ1) is 6.18. The van der Waals surface area contributed by atoms with Crippen LogP contribution in [0.4, 0.5) is 4.79 Å². The molecule has 1 rings (SSSR count). The van der Waals surface area contributed by atoms with Crippen LogP contribution in [0.15, 0.2) is 37.0 Å². The van der Waals surface area contributed by atoms with Gasteiger partial charge in [0.2, 0.25) is 0 Å². The number of carbonyl (C=O) groups is 1. The molecule has 0 heterocycles. The van der Waals surface area contributed by atoms with Gasteiger partial charge < -0.3 is 9.84 Å². The van der Waals surface area contributed by atoms with Crippen LogP contribution in [-0.2, 0) is 4.74 Å². The van der Waals surface area contributed by atoms with Gasteiger partial charge in [0.05, 0.1) is 0 Å². The van der Waals surface area contributed by atoms with Gasteiger partial charge in [-0.05, 0) is 18.6 Å². The predicted octanol–water partition coefficient (Wildman–Crippen LogP) is 2.51. The molecule has 3 nitrogen and oxygen atoms in total. The molecule has 0 aromatic heterocycles. The largest absolute Gasteiger partial charge is 0.506 e. The summed E-state index contributed by atoms with van der Waals surface area (Å²) >= 11 is 0. The number of rotatable bonds is 3. The van der Waals surface area contributed by atoms with Crippen LogP contribution < -0.4 is 0 Å². The van der Waals surface area contributed by atoms with Crippen molar-refractivity contribution in [2.24, 2.45) is 0 Å². The molecule has 1 aliphatic carbocycles. The van der Waals surface area contributed by atoms with Gasteiger partial charge in [-0.2, -0.15) is 0 Å². The van der Waals surface area contributed by atoms with Crippen LogP contribution in [0.3, 0.4) is 0 Å². The van der Waals surface area contributed by atoms with E-state index in [0.29, 0.717) is 6.42 Å². The summed E-state index contributed by atoms with van der Waals surface area (Å²) in [6.07, 6.45) is 8.93. The van der Waals surface area contributed by atoms with Gasteiger partial charge >= 0.3 is 6.16 Å². The van der Waals surface area contributed by atoms with Gasteiger partial charge in [0.1, 0.15) is 0 Å². The first kappa shape index (κ1) is 9.58. The minimum atomic E-state index is -1.27. The summed E-state index contributed by atoms with van der Waals surface area (Å²) in [4.78, 5) is 10.4. The van der Waals surface area contributed by atoms with Gasteiger partial charge in [-0.15, -0.1) is 6.58 Å². The van der Waals surface area contributed by atoms with Crippen LogP contribution in [0.2, 0.25) is 0 Å². The minimum absolute atomic E-state index is 0.465. The normalized spacial score (nSPS) is 18.2. The topological polar surface area (TPSA) is 46.5 Å². The molecular formula is C10H12O3. The van der Waals surface area contributed by atoms with Crippen LogP contribution in [-0.4, -0.2) is 16.9 Å². The number of hydrogen-bond donors (Lipinski definition) is 1. The van der Waals surface area contributed by atoms with Crippen molar-refractivity contribution in [1.82, 2.24) is 0 Å². The summed E-state index contributed by atoms with van der Waals surface area (Å²) in [6.45, 7) is 3.57. The van der Waals surface area contributed by atoms with Crippen LogP contribution >= 0.6 is 0 Å². The monoisotopic (exact) mass is 180 g/mol. The average Bonchev–Trinajstić information content (AvgIpc) is 2.04. The van der Waals surface area contributed by atoms with Crippen molar-refractivity contribution in [2.75, 3.05) is 0 Å². The van der Waals surface area contributed by atoms with Crippen molar-refractivity contribution in [1.29, 1.82) is 0 Å². The molecular weight excluding hydrogens is 168 g/mol. The highest BCUT2D eigenvalue weighted by Gasteiger charge is 2.28. The Labute approximate surface area is 77.0 Å². The Morgan fingerprint density at radius 2 is 2.23 bits per heavy atom. The molecule has 0 fully saturated rings. The standard InChI is InChI=1S/C10H12O3/c1-2-6-10(13-9(11)12)7-4-3-5-8-10/h2,4-5,7-8H,1,3,6H2,(H,11,12). The number of carboxylic acid groups (broad SMARTS) is 1. The number of ether oxygens (including phenoxy) is 1. The number of allylic oxidation sites excluding steroid dienone is 2. The lowest BCUT2D eigenvalue weighted by atomic mass is 9.94. The first-order valence-corrected chi connectivity index (χ1v) is 4.07. The minimum Gasteiger partial charge on any atom is -0.450 e. The van der Waals surface area contributed by atoms with Crippen molar-refractivity contribution < 1.29 is 14.6 Å². The Morgan fingerprint density at radius 3 is 2.69 bits per heavy atom. The molecule has 0 aromatic carbocycles. The lowest BCUT2D eigenvalue weighted by molar-refractivity contribution is 0.0365. The Bertz CT molecular complexity index is 251. The first-order valence-electron chi connectivity index (χ1n) is 4.07. The number of hydrogen-bond acceptors (Lipinski definition) is 2. The summed E-state index contributed by atoms with van der Waals surface area (Å²) in [5.41, 5.74) is -0.828. The molecule has 0 spiro atoms. The summed E-state index contributed by atoms with van der Waals surface area (Å²) in [6, 6.07) is 0. The molecule has 1 N–H and O–H groups in total. The quantitative estimate of drug-likeness (QED) is 0.536. The smallest absolute Gasteiger partial charge is 0.450 e. The molecule has 0 aromatic rings. The second-order valence-corrected chi connectivity index (χ2v) is 2.86. The third kappa shape index (κ3) is 2.47. The van der Waals surface area contributed by atoms with Gasteiger partial charge in [-0.25, -0.2) is 4.79 Å². The maximum absolute atomic E-state index is 10.4. The van der Waals surface area contributed by atoms with E-state index in [4.69, 9.17) is 9.84 Å². The van der Waals surface area contributed by atoms with Crippen molar-refractivity contribution in [2.45, 2.75) is 18.4 Å². The van der Waals surface area contributed by atoms with Crippen LogP contribution in [0.5, 0.6) is 0 Å². The van der Waals surface area contributed by atoms with Gasteiger partial charge in [0.25, 0.3) is 0 Å². The fourth-order valence-electron chi connectivity index (χ4n) is 1.30. The molecule has 0 unspecified atom stereocenters. The Hall–Kier alpha value is -1.51. The van der Waals surface area contributed by atoms with Crippen molar-refractivity contribution in [3.63, 3.8) is 0 Å². The van der Waals surface area contributed by atoms with Crippen molar-refractivity contribution in [3.8, 4) is 0 Å². The summed E-state index contributed by atoms with van der Waals surface area (Å²) < 4.78 is 4.79. The van der Waals surface area contributed by atoms with Gasteiger partial charge in [-0.1, -0.05) is 18.2 Å². The maximum atomic E-state index is 10.4. The van der Waals surface area contributed by atoms with Crippen LogP contribution in [0.1, 0.15) is 12.8 Å². The van der Waals surface area contributed by atoms with E-state index in [1.165, 1.54) is 0 Å². The zero-order chi connectivity index (χ0) is 9.73. The molecule has 0 atom stereocenters. The predicted molar refractivity (Wildman–Crippen MR) is 49.6 cm³/mol. The second kappa shape index (κ2) is 3.94. The fourth-order valence-corrected chi connectivity index (χ4v) is 1.30. The summed E-state index contributed by atoms with van der Waals surface area (Å²) in [5, 5.41) is 8.53. The zero-order valence-electron chi connectivity index (χ0n) is 7.27. The zero-order valence-corrected chi connectivity index (χ0v) is 7.27. The second-order valence-electron chi connectivity index (χ2n) is 2.86. The highest BCUT2D eigenvalue weighted by atomic mass is 16.7. The Morgan fingerprint density at radius 1 is 1.62 bits per heavy atom. The van der Waals surface area contributed by atoms with E-state index < -0.39 is 11.8 Å². The van der Waals surface area contributed by atoms with E-state index in [-0.39, 0.29) is 0 Å². The van der Waals surface area contributed by atoms with E-state index in [2.05, 4.69) is 6.58 Å². The van der Waals surface area contributed by atoms with E-state index in [1.54, 1.807) is 18.2 Å². The fraction of sp³-hybridized carbons (Fsp3) is 0.300. The van der Waals surface area contributed by atoms with Gasteiger partial charge in [-0.3, -0.25) is 0 Å². The summed E-state index contributed by atoms with van der Waals surface area (Å²) in [7, 11) is 0. The van der Waals surface area contributed by atoms with Gasteiger partial charge in [0.15, 0.2) is 5.60 Å². The van der Waals surface area contributed by atoms with Crippen LogP contribution in [0, 0.1) is 0 Å². The molecule has 1 aliphatic rings. The Kier molecular flexibility index (Phi) is 2.90. The van der Waals surface area contributed by atoms with Crippen molar-refractivity contribution in [3.05, 3.63) is 37.0 Å². The SMILES string of the molecule is C=CCC1(OC(=O)O)C=CCC=C1. The van der Waals surface area contributed by atoms with Crippen LogP contribution in [0.25, 0.3) is 0 Å². The molecule has 0 amide bonds. The summed E-state index contributed by atoms with van der Waals surface area (Å²) in [5.74, 6) is 0. The van der Waals surface area contributed by atoms with Gasteiger partial charge in [0, 0.05) is 6.42 Å². The molecule has 13 heavy (non-hydrogen) atoms.